The van der Waals surface area contributed by atoms with Crippen molar-refractivity contribution >= 4 is 17.5 Å². The topological polar surface area (TPSA) is 77.2 Å². The average molecular weight is 251 g/mol. The van der Waals surface area contributed by atoms with E-state index in [-0.39, 0.29) is 11.7 Å². The number of nitrogens with zero attached hydrogens (tertiary/aromatic N) is 1. The summed E-state index contributed by atoms with van der Waals surface area (Å²) in [5.41, 5.74) is 6.62. The van der Waals surface area contributed by atoms with Gasteiger partial charge in [0.1, 0.15) is 5.82 Å². The van der Waals surface area contributed by atoms with Crippen LogP contribution in [-0.4, -0.2) is 24.1 Å². The molecule has 5 heteroatoms. The van der Waals surface area contributed by atoms with Crippen molar-refractivity contribution < 1.29 is 9.53 Å². The monoisotopic (exact) mass is 251 g/mol. The van der Waals surface area contributed by atoms with Crippen LogP contribution in [0.15, 0.2) is 12.1 Å². The molecule has 0 aromatic carbocycles. The molecule has 1 rings (SSSR count). The van der Waals surface area contributed by atoms with Crippen molar-refractivity contribution in [1.29, 1.82) is 0 Å². The smallest absolute Gasteiger partial charge is 0.356 e. The first-order chi connectivity index (χ1) is 8.49. The van der Waals surface area contributed by atoms with E-state index in [4.69, 9.17) is 5.73 Å². The molecule has 0 saturated carbocycles. The number of nitrogens with two attached hydrogens (primary N) is 1. The number of esters is 1. The number of aromatic nitrogens is 1. The second-order valence-electron chi connectivity index (χ2n) is 4.44. The molecule has 0 aliphatic carbocycles. The fourth-order valence-corrected chi connectivity index (χ4v) is 1.52. The van der Waals surface area contributed by atoms with E-state index in [0.29, 0.717) is 17.4 Å². The summed E-state index contributed by atoms with van der Waals surface area (Å²) < 4.78 is 4.63. The van der Waals surface area contributed by atoms with Gasteiger partial charge in [-0.15, -0.1) is 0 Å². The Kier molecular flexibility index (Phi) is 4.95. The maximum absolute atomic E-state index is 11.4. The number of hydrogen-bond acceptors (Lipinski definition) is 5. The zero-order valence-electron chi connectivity index (χ0n) is 11.4. The van der Waals surface area contributed by atoms with Gasteiger partial charge in [0.05, 0.1) is 12.8 Å². The van der Waals surface area contributed by atoms with Gasteiger partial charge in [-0.25, -0.2) is 9.78 Å². The number of pyridine rings is 1. The molecule has 1 aromatic heterocycles. The molecule has 1 aromatic rings. The highest BCUT2D eigenvalue weighted by atomic mass is 16.5. The molecule has 0 aliphatic rings. The summed E-state index contributed by atoms with van der Waals surface area (Å²) in [6, 6.07) is 3.45. The molecule has 2 unspecified atom stereocenters. The largest absolute Gasteiger partial charge is 0.464 e. The van der Waals surface area contributed by atoms with Gasteiger partial charge in [-0.3, -0.25) is 0 Å². The van der Waals surface area contributed by atoms with Gasteiger partial charge in [-0.2, -0.15) is 0 Å². The fourth-order valence-electron chi connectivity index (χ4n) is 1.52. The summed E-state index contributed by atoms with van der Waals surface area (Å²) in [7, 11) is 1.33. The zero-order valence-corrected chi connectivity index (χ0v) is 11.4. The number of nitrogens with one attached hydrogen (secondary N) is 1. The van der Waals surface area contributed by atoms with Crippen molar-refractivity contribution in [2.75, 3.05) is 18.2 Å². The Morgan fingerprint density at radius 1 is 1.50 bits per heavy atom. The second kappa shape index (κ2) is 6.23. The number of ether oxygens (including phenoxy) is 1. The highest BCUT2D eigenvalue weighted by Crippen LogP contribution is 2.20. The SMILES string of the molecule is CCC(C)C(C)Nc1nc(C(=O)OC)ccc1N. The van der Waals surface area contributed by atoms with Crippen LogP contribution in [0, 0.1) is 5.92 Å². The Morgan fingerprint density at radius 3 is 2.72 bits per heavy atom. The lowest BCUT2D eigenvalue weighted by Gasteiger charge is -2.21. The van der Waals surface area contributed by atoms with Crippen molar-refractivity contribution in [3.63, 3.8) is 0 Å². The molecule has 1 heterocycles. The molecule has 0 amide bonds. The van der Waals surface area contributed by atoms with E-state index >= 15 is 0 Å². The number of methoxy groups -OCH3 is 1. The van der Waals surface area contributed by atoms with Crippen molar-refractivity contribution in [2.24, 2.45) is 5.92 Å². The summed E-state index contributed by atoms with van der Waals surface area (Å²) in [6.07, 6.45) is 1.06. The number of carbonyl (C=O) groups is 1. The van der Waals surface area contributed by atoms with Gasteiger partial charge < -0.3 is 15.8 Å². The number of nitrogen functional groups attached to an aromatic ring is 1. The minimum Gasteiger partial charge on any atom is -0.464 e. The molecule has 0 bridgehead atoms. The minimum atomic E-state index is -0.464. The maximum Gasteiger partial charge on any atom is 0.356 e. The second-order valence-corrected chi connectivity index (χ2v) is 4.44. The van der Waals surface area contributed by atoms with E-state index in [1.165, 1.54) is 7.11 Å². The van der Waals surface area contributed by atoms with Crippen LogP contribution in [0.25, 0.3) is 0 Å². The molecule has 3 N–H and O–H groups in total. The van der Waals surface area contributed by atoms with Crippen LogP contribution in [0.3, 0.4) is 0 Å². The van der Waals surface area contributed by atoms with Crippen molar-refractivity contribution in [3.8, 4) is 0 Å². The molecule has 2 atom stereocenters. The molecule has 18 heavy (non-hydrogen) atoms. The number of carbonyl (C=O) groups excluding carboxylic acids is 1. The van der Waals surface area contributed by atoms with Gasteiger partial charge in [-0.1, -0.05) is 20.3 Å². The van der Waals surface area contributed by atoms with Gasteiger partial charge in [0.15, 0.2) is 5.69 Å². The van der Waals surface area contributed by atoms with Gasteiger partial charge in [0, 0.05) is 6.04 Å². The quantitative estimate of drug-likeness (QED) is 0.785. The first kappa shape index (κ1) is 14.3. The molecule has 0 aliphatic heterocycles. The predicted molar refractivity (Wildman–Crippen MR) is 72.5 cm³/mol. The first-order valence-electron chi connectivity index (χ1n) is 6.11. The zero-order chi connectivity index (χ0) is 13.7. The normalized spacial score (nSPS) is 13.8. The number of rotatable bonds is 5. The van der Waals surface area contributed by atoms with E-state index < -0.39 is 5.97 Å². The van der Waals surface area contributed by atoms with Crippen molar-refractivity contribution in [1.82, 2.24) is 4.98 Å². The molecule has 0 radical (unpaired) electrons. The third kappa shape index (κ3) is 3.35. The summed E-state index contributed by atoms with van der Waals surface area (Å²) >= 11 is 0. The van der Waals surface area contributed by atoms with E-state index in [1.54, 1.807) is 12.1 Å². The van der Waals surface area contributed by atoms with Crippen molar-refractivity contribution in [3.05, 3.63) is 17.8 Å². The van der Waals surface area contributed by atoms with Crippen LogP contribution >= 0.6 is 0 Å². The van der Waals surface area contributed by atoms with Gasteiger partial charge in [0.2, 0.25) is 0 Å². The summed E-state index contributed by atoms with van der Waals surface area (Å²) in [5, 5.41) is 3.24. The van der Waals surface area contributed by atoms with Crippen LogP contribution < -0.4 is 11.1 Å². The lowest BCUT2D eigenvalue weighted by atomic mass is 10.0. The number of hydrogen-bond donors (Lipinski definition) is 2. The van der Waals surface area contributed by atoms with Gasteiger partial charge >= 0.3 is 5.97 Å². The molecule has 5 nitrogen and oxygen atoms in total. The van der Waals surface area contributed by atoms with Crippen LogP contribution in [0.4, 0.5) is 11.5 Å². The van der Waals surface area contributed by atoms with Crippen molar-refractivity contribution in [2.45, 2.75) is 33.2 Å². The highest BCUT2D eigenvalue weighted by molar-refractivity contribution is 5.88. The Bertz CT molecular complexity index is 421. The highest BCUT2D eigenvalue weighted by Gasteiger charge is 2.14. The molecule has 0 fully saturated rings. The van der Waals surface area contributed by atoms with E-state index in [1.807, 2.05) is 0 Å². The van der Waals surface area contributed by atoms with E-state index in [2.05, 4.69) is 35.8 Å². The predicted octanol–water partition coefficient (Wildman–Crippen LogP) is 2.30. The third-order valence-electron chi connectivity index (χ3n) is 3.18. The number of anilines is 2. The summed E-state index contributed by atoms with van der Waals surface area (Å²) in [5.74, 6) is 0.563. The molecular weight excluding hydrogens is 230 g/mol. The lowest BCUT2D eigenvalue weighted by molar-refractivity contribution is 0.0594. The van der Waals surface area contributed by atoms with Crippen LogP contribution in [-0.2, 0) is 4.74 Å². The summed E-state index contributed by atoms with van der Waals surface area (Å²) in [6.45, 7) is 6.35. The van der Waals surface area contributed by atoms with E-state index in [0.717, 1.165) is 6.42 Å². The standard InChI is InChI=1S/C13H21N3O2/c1-5-8(2)9(3)15-12-10(14)6-7-11(16-12)13(17)18-4/h6-9H,5,14H2,1-4H3,(H,15,16). The van der Waals surface area contributed by atoms with Gasteiger partial charge in [-0.05, 0) is 25.0 Å². The van der Waals surface area contributed by atoms with Crippen LogP contribution in [0.5, 0.6) is 0 Å². The van der Waals surface area contributed by atoms with E-state index in [9.17, 15) is 4.79 Å². The minimum absolute atomic E-state index is 0.234. The van der Waals surface area contributed by atoms with Crippen LogP contribution in [0.1, 0.15) is 37.7 Å². The molecular formula is C13H21N3O2. The molecule has 0 spiro atoms. The Hall–Kier alpha value is -1.78. The third-order valence-corrected chi connectivity index (χ3v) is 3.18. The maximum atomic E-state index is 11.4. The molecule has 0 saturated heterocycles. The Labute approximate surface area is 108 Å². The molecule has 100 valence electrons. The Balaban J connectivity index is 2.91. The fraction of sp³-hybridized carbons (Fsp3) is 0.538. The average Bonchev–Trinajstić information content (AvgIpc) is 2.39. The lowest BCUT2D eigenvalue weighted by Crippen LogP contribution is -2.24. The first-order valence-corrected chi connectivity index (χ1v) is 6.11. The van der Waals surface area contributed by atoms with Crippen LogP contribution in [0.2, 0.25) is 0 Å². The summed E-state index contributed by atoms with van der Waals surface area (Å²) in [4.78, 5) is 15.6. The Morgan fingerprint density at radius 2 is 2.17 bits per heavy atom. The van der Waals surface area contributed by atoms with Gasteiger partial charge in [0.25, 0.3) is 0 Å².